The van der Waals surface area contributed by atoms with Crippen LogP contribution in [0.5, 0.6) is 0 Å². The molecular weight excluding hydrogens is 258 g/mol. The molecule has 1 aromatic rings. The van der Waals surface area contributed by atoms with E-state index in [1.807, 2.05) is 17.8 Å². The second kappa shape index (κ2) is 7.11. The summed E-state index contributed by atoms with van der Waals surface area (Å²) >= 11 is 6.42. The highest BCUT2D eigenvalue weighted by atomic mass is 35.5. The molecule has 0 spiro atoms. The van der Waals surface area contributed by atoms with Gasteiger partial charge in [0.15, 0.2) is 0 Å². The summed E-state index contributed by atoms with van der Waals surface area (Å²) in [6, 6.07) is 0. The van der Waals surface area contributed by atoms with E-state index >= 15 is 0 Å². The lowest BCUT2D eigenvalue weighted by atomic mass is 9.85. The second-order valence-corrected chi connectivity index (χ2v) is 5.77. The van der Waals surface area contributed by atoms with Gasteiger partial charge in [-0.2, -0.15) is 5.10 Å². The van der Waals surface area contributed by atoms with Crippen LogP contribution in [-0.4, -0.2) is 22.9 Å². The van der Waals surface area contributed by atoms with Gasteiger partial charge in [-0.15, -0.1) is 6.58 Å². The Bertz CT molecular complexity index is 425. The zero-order chi connectivity index (χ0) is 14.5. The van der Waals surface area contributed by atoms with Crippen molar-refractivity contribution >= 4 is 11.6 Å². The van der Waals surface area contributed by atoms with E-state index in [4.69, 9.17) is 11.6 Å². The lowest BCUT2D eigenvalue weighted by Crippen LogP contribution is -2.33. The van der Waals surface area contributed by atoms with Crippen molar-refractivity contribution in [3.8, 4) is 0 Å². The molecule has 108 valence electrons. The van der Waals surface area contributed by atoms with Crippen LogP contribution in [0.1, 0.15) is 38.6 Å². The van der Waals surface area contributed by atoms with E-state index in [1.54, 1.807) is 0 Å². The van der Waals surface area contributed by atoms with Crippen LogP contribution >= 0.6 is 11.6 Å². The molecule has 1 N–H and O–H groups in total. The molecule has 0 amide bonds. The van der Waals surface area contributed by atoms with Crippen LogP contribution in [-0.2, 0) is 19.9 Å². The van der Waals surface area contributed by atoms with Crippen LogP contribution in [0.25, 0.3) is 0 Å². The predicted molar refractivity (Wildman–Crippen MR) is 82.8 cm³/mol. The zero-order valence-corrected chi connectivity index (χ0v) is 13.3. The molecule has 0 radical (unpaired) electrons. The van der Waals surface area contributed by atoms with Crippen LogP contribution in [0, 0.1) is 5.41 Å². The lowest BCUT2D eigenvalue weighted by molar-refractivity contribution is 0.381. The fraction of sp³-hybridized carbons (Fsp3) is 0.667. The van der Waals surface area contributed by atoms with Gasteiger partial charge in [0.1, 0.15) is 0 Å². The van der Waals surface area contributed by atoms with Gasteiger partial charge in [-0.1, -0.05) is 38.4 Å². The van der Waals surface area contributed by atoms with Crippen LogP contribution in [0.4, 0.5) is 0 Å². The smallest absolute Gasteiger partial charge is 0.0850 e. The van der Waals surface area contributed by atoms with Crippen LogP contribution in [0.15, 0.2) is 12.7 Å². The molecule has 0 saturated carbocycles. The van der Waals surface area contributed by atoms with Gasteiger partial charge in [-0.3, -0.25) is 4.68 Å². The van der Waals surface area contributed by atoms with E-state index in [-0.39, 0.29) is 5.41 Å². The summed E-state index contributed by atoms with van der Waals surface area (Å²) in [7, 11) is 1.96. The number of nitrogens with one attached hydrogen (secondary N) is 1. The fourth-order valence-electron chi connectivity index (χ4n) is 2.15. The summed E-state index contributed by atoms with van der Waals surface area (Å²) < 4.78 is 1.91. The molecule has 0 aliphatic rings. The minimum atomic E-state index is -0.00237. The zero-order valence-electron chi connectivity index (χ0n) is 12.6. The highest BCUT2D eigenvalue weighted by Gasteiger charge is 2.25. The molecular formula is C15H26ClN3. The lowest BCUT2D eigenvalue weighted by Gasteiger charge is -2.26. The maximum absolute atomic E-state index is 6.42. The van der Waals surface area contributed by atoms with Crippen molar-refractivity contribution in [1.82, 2.24) is 15.1 Å². The molecule has 4 heteroatoms. The summed E-state index contributed by atoms with van der Waals surface area (Å²) in [5.41, 5.74) is 2.07. The van der Waals surface area contributed by atoms with Crippen LogP contribution in [0.3, 0.4) is 0 Å². The molecule has 0 aliphatic heterocycles. The summed E-state index contributed by atoms with van der Waals surface area (Å²) in [5.74, 6) is 0. The summed E-state index contributed by atoms with van der Waals surface area (Å²) in [5, 5.41) is 8.75. The average molecular weight is 284 g/mol. The molecule has 1 rings (SSSR count). The first-order chi connectivity index (χ1) is 8.97. The Morgan fingerprint density at radius 1 is 1.47 bits per heavy atom. The van der Waals surface area contributed by atoms with Crippen molar-refractivity contribution in [3.63, 3.8) is 0 Å². The van der Waals surface area contributed by atoms with Crippen LogP contribution < -0.4 is 5.32 Å². The third-order valence-electron chi connectivity index (χ3n) is 3.52. The van der Waals surface area contributed by atoms with E-state index in [0.29, 0.717) is 0 Å². The van der Waals surface area contributed by atoms with E-state index in [1.165, 1.54) is 0 Å². The van der Waals surface area contributed by atoms with Crippen molar-refractivity contribution in [2.75, 3.05) is 13.1 Å². The van der Waals surface area contributed by atoms with Crippen molar-refractivity contribution in [1.29, 1.82) is 0 Å². The Labute approximate surface area is 122 Å². The molecule has 1 unspecified atom stereocenters. The van der Waals surface area contributed by atoms with E-state index in [0.717, 1.165) is 48.8 Å². The van der Waals surface area contributed by atoms with Gasteiger partial charge >= 0.3 is 0 Å². The van der Waals surface area contributed by atoms with E-state index < -0.39 is 0 Å². The quantitative estimate of drug-likeness (QED) is 0.586. The molecule has 19 heavy (non-hydrogen) atoms. The highest BCUT2D eigenvalue weighted by Crippen LogP contribution is 2.29. The molecule has 1 atom stereocenters. The number of aryl methyl sites for hydroxylation is 2. The minimum Gasteiger partial charge on any atom is -0.316 e. The first-order valence-electron chi connectivity index (χ1n) is 7.02. The first kappa shape index (κ1) is 16.3. The summed E-state index contributed by atoms with van der Waals surface area (Å²) in [6.45, 7) is 12.4. The van der Waals surface area contributed by atoms with Crippen molar-refractivity contribution in [2.24, 2.45) is 12.5 Å². The van der Waals surface area contributed by atoms with E-state index in [2.05, 4.69) is 37.8 Å². The third kappa shape index (κ3) is 4.08. The third-order valence-corrected chi connectivity index (χ3v) is 3.96. The molecule has 0 bridgehead atoms. The van der Waals surface area contributed by atoms with Gasteiger partial charge in [-0.05, 0) is 19.4 Å². The Hall–Kier alpha value is -0.800. The molecule has 0 aliphatic carbocycles. The molecule has 1 heterocycles. The molecule has 3 nitrogen and oxygen atoms in total. The second-order valence-electron chi connectivity index (χ2n) is 5.40. The van der Waals surface area contributed by atoms with Gasteiger partial charge in [0, 0.05) is 25.4 Å². The SMILES string of the molecule is C=CC(C)(CNCCC)Cc1c(Cl)c(CC)nn1C. The molecule has 0 saturated heterocycles. The number of aromatic nitrogens is 2. The number of hydrogen-bond acceptors (Lipinski definition) is 2. The molecule has 1 aromatic heterocycles. The highest BCUT2D eigenvalue weighted by molar-refractivity contribution is 6.31. The van der Waals surface area contributed by atoms with Gasteiger partial charge < -0.3 is 5.32 Å². The Morgan fingerprint density at radius 3 is 2.63 bits per heavy atom. The number of nitrogens with zero attached hydrogens (tertiary/aromatic N) is 2. The maximum atomic E-state index is 6.42. The molecule has 0 aromatic carbocycles. The predicted octanol–water partition coefficient (Wildman–Crippen LogP) is 3.37. The van der Waals surface area contributed by atoms with Gasteiger partial charge in [-0.25, -0.2) is 0 Å². The fourth-order valence-corrected chi connectivity index (χ4v) is 2.51. The first-order valence-corrected chi connectivity index (χ1v) is 7.39. The standard InChI is InChI=1S/C15H26ClN3/c1-6-9-17-11-15(4,8-3)10-13-14(16)12(7-2)18-19(13)5/h8,17H,3,6-7,9-11H2,1-2,4-5H3. The number of halogens is 1. The Kier molecular flexibility index (Phi) is 6.08. The monoisotopic (exact) mass is 283 g/mol. The normalized spacial score (nSPS) is 14.4. The Morgan fingerprint density at radius 2 is 2.16 bits per heavy atom. The summed E-state index contributed by atoms with van der Waals surface area (Å²) in [4.78, 5) is 0. The van der Waals surface area contributed by atoms with Gasteiger partial charge in [0.05, 0.1) is 16.4 Å². The van der Waals surface area contributed by atoms with Crippen LogP contribution in [0.2, 0.25) is 5.02 Å². The van der Waals surface area contributed by atoms with Gasteiger partial charge in [0.25, 0.3) is 0 Å². The van der Waals surface area contributed by atoms with Crippen molar-refractivity contribution in [3.05, 3.63) is 29.1 Å². The van der Waals surface area contributed by atoms with E-state index in [9.17, 15) is 0 Å². The van der Waals surface area contributed by atoms with Crippen molar-refractivity contribution in [2.45, 2.75) is 40.0 Å². The minimum absolute atomic E-state index is 0.00237. The topological polar surface area (TPSA) is 29.9 Å². The number of rotatable bonds is 8. The average Bonchev–Trinajstić information content (AvgIpc) is 2.66. The number of hydrogen-bond donors (Lipinski definition) is 1. The maximum Gasteiger partial charge on any atom is 0.0850 e. The van der Waals surface area contributed by atoms with Gasteiger partial charge in [0.2, 0.25) is 0 Å². The largest absolute Gasteiger partial charge is 0.316 e. The Balaban J connectivity index is 2.85. The summed E-state index contributed by atoms with van der Waals surface area (Å²) in [6.07, 6.45) is 4.88. The molecule has 0 fully saturated rings. The van der Waals surface area contributed by atoms with Crippen molar-refractivity contribution < 1.29 is 0 Å².